The average Bonchev–Trinajstić information content (AvgIpc) is 3.73. The smallest absolute Gasteiger partial charge is 0.0468 e. The lowest BCUT2D eigenvalue weighted by Crippen LogP contribution is -2.50. The van der Waals surface area contributed by atoms with Gasteiger partial charge in [-0.1, -0.05) is 199 Å². The van der Waals surface area contributed by atoms with Gasteiger partial charge in [0.05, 0.1) is 0 Å². The molecule has 1 aliphatic rings. The summed E-state index contributed by atoms with van der Waals surface area (Å²) in [6.07, 6.45) is 0. The van der Waals surface area contributed by atoms with E-state index >= 15 is 0 Å². The summed E-state index contributed by atoms with van der Waals surface area (Å²) in [4.78, 5) is 4.83. The van der Waals surface area contributed by atoms with Crippen LogP contribution < -0.4 is 9.80 Å². The van der Waals surface area contributed by atoms with Crippen LogP contribution in [0.2, 0.25) is 0 Å². The third-order valence-corrected chi connectivity index (χ3v) is 15.2. The minimum Gasteiger partial charge on any atom is -0.310 e. The van der Waals surface area contributed by atoms with E-state index in [1.54, 1.807) is 0 Å². The molecule has 0 bridgehead atoms. The van der Waals surface area contributed by atoms with E-state index in [-0.39, 0.29) is 16.2 Å². The second-order valence-corrected chi connectivity index (χ2v) is 21.4. The summed E-state index contributed by atoms with van der Waals surface area (Å²) in [7, 11) is 0. The van der Waals surface area contributed by atoms with Crippen molar-refractivity contribution in [3.63, 3.8) is 0 Å². The average molecular weight is 915 g/mol. The van der Waals surface area contributed by atoms with Crippen molar-refractivity contribution in [3.05, 3.63) is 254 Å². The maximum absolute atomic E-state index is 2.57. The van der Waals surface area contributed by atoms with Crippen molar-refractivity contribution >= 4 is 66.4 Å². The molecule has 0 aliphatic heterocycles. The molecular weight excluding hydrogens is 857 g/mol. The van der Waals surface area contributed by atoms with E-state index in [9.17, 15) is 0 Å². The highest BCUT2D eigenvalue weighted by Crippen LogP contribution is 2.68. The van der Waals surface area contributed by atoms with Crippen molar-refractivity contribution in [2.45, 2.75) is 47.0 Å². The van der Waals surface area contributed by atoms with Crippen molar-refractivity contribution in [2.24, 2.45) is 10.8 Å². The predicted octanol–water partition coefficient (Wildman–Crippen LogP) is 19.8. The van der Waals surface area contributed by atoms with E-state index in [0.29, 0.717) is 0 Å². The van der Waals surface area contributed by atoms with Crippen LogP contribution in [0.5, 0.6) is 0 Å². The fourth-order valence-electron chi connectivity index (χ4n) is 12.7. The highest BCUT2D eigenvalue weighted by molar-refractivity contribution is 6.20. The van der Waals surface area contributed by atoms with Crippen LogP contribution in [0.15, 0.2) is 243 Å². The van der Waals surface area contributed by atoms with Crippen LogP contribution in [0, 0.1) is 10.8 Å². The Balaban J connectivity index is 1.08. The Morgan fingerprint density at radius 1 is 0.296 bits per heavy atom. The van der Waals surface area contributed by atoms with Gasteiger partial charge in [0.2, 0.25) is 0 Å². The van der Waals surface area contributed by atoms with Crippen LogP contribution >= 0.6 is 0 Å². The molecule has 0 radical (unpaired) electrons. The molecule has 2 nitrogen and oxygen atoms in total. The maximum Gasteiger partial charge on any atom is 0.0468 e. The molecule has 0 fully saturated rings. The maximum atomic E-state index is 2.57. The summed E-state index contributed by atoms with van der Waals surface area (Å²) >= 11 is 0. The Bertz CT molecular complexity index is 3750. The summed E-state index contributed by atoms with van der Waals surface area (Å²) in [5.41, 5.74) is 16.3. The molecule has 0 atom stereocenters. The molecule has 0 amide bonds. The van der Waals surface area contributed by atoms with E-state index in [0.717, 1.165) is 34.1 Å². The fraction of sp³-hybridized carbons (Fsp3) is 0.130. The zero-order valence-corrected chi connectivity index (χ0v) is 41.5. The van der Waals surface area contributed by atoms with Crippen LogP contribution in [0.25, 0.3) is 65.7 Å². The van der Waals surface area contributed by atoms with Gasteiger partial charge in [-0.05, 0) is 173 Å². The Hall–Kier alpha value is -8.20. The van der Waals surface area contributed by atoms with Crippen molar-refractivity contribution in [1.82, 2.24) is 0 Å². The van der Waals surface area contributed by atoms with Gasteiger partial charge in [-0.2, -0.15) is 0 Å². The van der Waals surface area contributed by atoms with Crippen molar-refractivity contribution in [2.75, 3.05) is 9.80 Å². The van der Waals surface area contributed by atoms with Gasteiger partial charge in [-0.3, -0.25) is 0 Å². The molecule has 0 saturated carbocycles. The molecular formula is C69H58N2. The van der Waals surface area contributed by atoms with Gasteiger partial charge in [0.1, 0.15) is 0 Å². The Labute approximate surface area is 419 Å². The molecule has 0 spiro atoms. The summed E-state index contributed by atoms with van der Waals surface area (Å²) in [5.74, 6) is 0. The normalized spacial score (nSPS) is 13.0. The van der Waals surface area contributed by atoms with E-state index < -0.39 is 0 Å². The van der Waals surface area contributed by atoms with E-state index in [2.05, 4.69) is 294 Å². The molecule has 344 valence electrons. The summed E-state index contributed by atoms with van der Waals surface area (Å²) in [6, 6.07) is 89.5. The van der Waals surface area contributed by atoms with Gasteiger partial charge in [0.25, 0.3) is 0 Å². The van der Waals surface area contributed by atoms with Crippen molar-refractivity contribution in [1.29, 1.82) is 0 Å². The number of nitrogens with zero attached hydrogens (tertiary/aromatic N) is 2. The van der Waals surface area contributed by atoms with Crippen molar-refractivity contribution in [3.8, 4) is 33.4 Å². The van der Waals surface area contributed by atoms with Gasteiger partial charge < -0.3 is 9.80 Å². The second kappa shape index (κ2) is 17.0. The van der Waals surface area contributed by atoms with E-state index in [4.69, 9.17) is 0 Å². The molecule has 0 saturated heterocycles. The topological polar surface area (TPSA) is 6.48 Å². The SMILES string of the molecule is CC(C)(C)C1(C(C)(C)C)c2cc3cc(N(c4ccccc4)c4cccc(-c5ccccc5)c4)ccc3cc2-c2c1c1ccc(N(c3ccccc3)c3cccc(-c4ccccc4)c3)cc1c1ccccc21. The van der Waals surface area contributed by atoms with Crippen LogP contribution in [0.1, 0.15) is 52.7 Å². The lowest BCUT2D eigenvalue weighted by Gasteiger charge is -2.53. The Kier molecular flexibility index (Phi) is 10.6. The summed E-state index contributed by atoms with van der Waals surface area (Å²) < 4.78 is 0. The first kappa shape index (κ1) is 44.0. The van der Waals surface area contributed by atoms with Gasteiger partial charge in [-0.25, -0.2) is 0 Å². The number of fused-ring (bicyclic) bond motifs is 9. The standard InChI is InChI=1S/C69H58N2/c1-67(2,3)69(68(4,5)6)64-45-52-43-57(70(53-29-15-9-16-30-53)55-33-21-27-49(41-55)47-23-11-7-12-24-47)38-37-51(52)44-63(64)65-60-36-20-19-35-59(60)62-46-58(39-40-61(62)66(65)69)71(54-31-17-10-18-32-54)56-34-22-28-50(42-56)48-25-13-8-14-26-48/h7-46H,1-6H3. The monoisotopic (exact) mass is 914 g/mol. The molecule has 0 N–H and O–H groups in total. The first-order valence-electron chi connectivity index (χ1n) is 25.1. The molecule has 2 heteroatoms. The molecule has 1 aliphatic carbocycles. The first-order valence-corrected chi connectivity index (χ1v) is 25.1. The van der Waals surface area contributed by atoms with Gasteiger partial charge in [0.15, 0.2) is 0 Å². The van der Waals surface area contributed by atoms with Gasteiger partial charge in [0, 0.05) is 39.5 Å². The fourth-order valence-corrected chi connectivity index (χ4v) is 12.7. The third-order valence-electron chi connectivity index (χ3n) is 15.2. The predicted molar refractivity (Wildman–Crippen MR) is 304 cm³/mol. The summed E-state index contributed by atoms with van der Waals surface area (Å²) in [6.45, 7) is 14.8. The first-order chi connectivity index (χ1) is 34.5. The van der Waals surface area contributed by atoms with Crippen LogP contribution in [-0.2, 0) is 5.41 Å². The van der Waals surface area contributed by atoms with Crippen LogP contribution in [0.4, 0.5) is 34.1 Å². The molecule has 0 heterocycles. The highest BCUT2D eigenvalue weighted by Gasteiger charge is 2.58. The lowest BCUT2D eigenvalue weighted by atomic mass is 9.49. The lowest BCUT2D eigenvalue weighted by molar-refractivity contribution is 0.0965. The number of hydrogen-bond donors (Lipinski definition) is 0. The minimum atomic E-state index is -0.384. The molecule has 0 unspecified atom stereocenters. The molecule has 12 rings (SSSR count). The van der Waals surface area contributed by atoms with E-state index in [1.807, 2.05) is 0 Å². The van der Waals surface area contributed by atoms with Crippen LogP contribution in [-0.4, -0.2) is 0 Å². The van der Waals surface area contributed by atoms with Gasteiger partial charge in [-0.15, -0.1) is 0 Å². The second-order valence-electron chi connectivity index (χ2n) is 21.4. The number of benzene rings is 11. The van der Waals surface area contributed by atoms with E-state index in [1.165, 1.54) is 76.8 Å². The number of para-hydroxylation sites is 2. The molecule has 11 aromatic carbocycles. The largest absolute Gasteiger partial charge is 0.310 e. The van der Waals surface area contributed by atoms with Gasteiger partial charge >= 0.3 is 0 Å². The van der Waals surface area contributed by atoms with Crippen molar-refractivity contribution < 1.29 is 0 Å². The van der Waals surface area contributed by atoms with Crippen LogP contribution in [0.3, 0.4) is 0 Å². The Morgan fingerprint density at radius 3 is 1.27 bits per heavy atom. The minimum absolute atomic E-state index is 0.188. The zero-order chi connectivity index (χ0) is 48.5. The number of anilines is 6. The number of hydrogen-bond acceptors (Lipinski definition) is 2. The highest BCUT2D eigenvalue weighted by atomic mass is 15.1. The Morgan fingerprint density at radius 2 is 0.732 bits per heavy atom. The summed E-state index contributed by atoms with van der Waals surface area (Å²) in [5, 5.41) is 7.62. The molecule has 71 heavy (non-hydrogen) atoms. The quantitative estimate of drug-likeness (QED) is 0.140. The molecule has 11 aromatic rings. The third kappa shape index (κ3) is 7.23. The molecule has 0 aromatic heterocycles. The number of rotatable bonds is 8. The zero-order valence-electron chi connectivity index (χ0n) is 41.5.